The predicted octanol–water partition coefficient (Wildman–Crippen LogP) is 6.25. The van der Waals surface area contributed by atoms with Gasteiger partial charge in [0.25, 0.3) is 0 Å². The summed E-state index contributed by atoms with van der Waals surface area (Å²) in [7, 11) is -2.29. The predicted molar refractivity (Wildman–Crippen MR) is 127 cm³/mol. The molecule has 0 radical (unpaired) electrons. The van der Waals surface area contributed by atoms with Crippen LogP contribution in [0, 0.1) is 0 Å². The molecule has 1 heterocycles. The van der Waals surface area contributed by atoms with Crippen LogP contribution in [-0.2, 0) is 8.85 Å². The molecule has 3 aromatic carbocycles. The molecule has 31 heavy (non-hydrogen) atoms. The third kappa shape index (κ3) is 4.82. The first-order valence-electron chi connectivity index (χ1n) is 10.5. The summed E-state index contributed by atoms with van der Waals surface area (Å²) in [5.74, 6) is 1.02. The number of benzene rings is 3. The van der Waals surface area contributed by atoms with Gasteiger partial charge in [0.2, 0.25) is 11.8 Å². The van der Waals surface area contributed by atoms with Gasteiger partial charge in [0.1, 0.15) is 0 Å². The molecule has 5 nitrogen and oxygen atoms in total. The second-order valence-corrected chi connectivity index (χ2v) is 10.2. The van der Waals surface area contributed by atoms with Crippen LogP contribution in [0.5, 0.6) is 0 Å². The van der Waals surface area contributed by atoms with Crippen molar-refractivity contribution < 1.29 is 13.3 Å². The lowest BCUT2D eigenvalue weighted by molar-refractivity contribution is 0.201. The highest BCUT2D eigenvalue weighted by molar-refractivity contribution is 6.72. The first-order valence-corrected chi connectivity index (χ1v) is 12.9. The zero-order valence-electron chi connectivity index (χ0n) is 18.0. The topological polar surface area (TPSA) is 57.4 Å². The van der Waals surface area contributed by atoms with E-state index in [-0.39, 0.29) is 0 Å². The van der Waals surface area contributed by atoms with Crippen LogP contribution in [0.25, 0.3) is 39.8 Å². The smallest absolute Gasteiger partial charge is 0.361 e. The average molecular weight is 431 g/mol. The molecule has 0 N–H and O–H groups in total. The van der Waals surface area contributed by atoms with Crippen LogP contribution in [0.15, 0.2) is 76.8 Å². The van der Waals surface area contributed by atoms with Crippen LogP contribution in [0.1, 0.15) is 19.4 Å². The first-order chi connectivity index (χ1) is 15.1. The SMILES string of the molecule is CCO[Si](C)(/C=C/c1ccc(-c2nnc(-c3cccc4ccccc34)o2)cc1)OCC. The van der Waals surface area contributed by atoms with E-state index >= 15 is 0 Å². The van der Waals surface area contributed by atoms with E-state index < -0.39 is 8.56 Å². The van der Waals surface area contributed by atoms with Crippen LogP contribution < -0.4 is 0 Å². The molecule has 1 aromatic heterocycles. The molecule has 0 unspecified atom stereocenters. The van der Waals surface area contributed by atoms with Crippen LogP contribution in [0.3, 0.4) is 0 Å². The number of hydrogen-bond donors (Lipinski definition) is 0. The maximum atomic E-state index is 6.01. The van der Waals surface area contributed by atoms with Crippen molar-refractivity contribution in [3.63, 3.8) is 0 Å². The number of nitrogens with zero attached hydrogens (tertiary/aromatic N) is 2. The van der Waals surface area contributed by atoms with E-state index in [1.807, 2.05) is 62.4 Å². The monoisotopic (exact) mass is 430 g/mol. The summed E-state index contributed by atoms with van der Waals surface area (Å²) in [6, 6.07) is 22.3. The molecule has 0 spiro atoms. The fourth-order valence-electron chi connectivity index (χ4n) is 3.56. The van der Waals surface area contributed by atoms with Gasteiger partial charge in [0.15, 0.2) is 0 Å². The van der Waals surface area contributed by atoms with E-state index in [1.165, 1.54) is 0 Å². The fourth-order valence-corrected chi connectivity index (χ4v) is 5.47. The van der Waals surface area contributed by atoms with Gasteiger partial charge in [0, 0.05) is 24.3 Å². The fraction of sp³-hybridized carbons (Fsp3) is 0.200. The average Bonchev–Trinajstić information content (AvgIpc) is 3.28. The van der Waals surface area contributed by atoms with E-state index in [1.54, 1.807) is 0 Å². The van der Waals surface area contributed by atoms with Crippen LogP contribution in [0.2, 0.25) is 6.55 Å². The van der Waals surface area contributed by atoms with Crippen LogP contribution in [0.4, 0.5) is 0 Å². The molecule has 0 atom stereocenters. The summed E-state index contributed by atoms with van der Waals surface area (Å²) in [5, 5.41) is 10.8. The molecular formula is C25H26N2O3Si. The Kier molecular flexibility index (Phi) is 6.41. The normalized spacial score (nSPS) is 12.1. The van der Waals surface area contributed by atoms with Gasteiger partial charge in [0.05, 0.1) is 0 Å². The number of aromatic nitrogens is 2. The van der Waals surface area contributed by atoms with Crippen molar-refractivity contribution in [3.8, 4) is 22.9 Å². The Morgan fingerprint density at radius 2 is 1.52 bits per heavy atom. The molecule has 0 aliphatic rings. The van der Waals surface area contributed by atoms with E-state index in [4.69, 9.17) is 13.3 Å². The van der Waals surface area contributed by atoms with E-state index in [0.29, 0.717) is 25.0 Å². The lowest BCUT2D eigenvalue weighted by atomic mass is 10.0. The maximum Gasteiger partial charge on any atom is 0.361 e. The Bertz CT molecular complexity index is 1170. The van der Waals surface area contributed by atoms with Crippen molar-refractivity contribution in [2.45, 2.75) is 20.4 Å². The molecule has 0 saturated carbocycles. The minimum atomic E-state index is -2.29. The summed E-state index contributed by atoms with van der Waals surface area (Å²) in [4.78, 5) is 0. The molecule has 0 fully saturated rings. The minimum Gasteiger partial charge on any atom is -0.416 e. The Morgan fingerprint density at radius 3 is 2.26 bits per heavy atom. The van der Waals surface area contributed by atoms with E-state index in [9.17, 15) is 0 Å². The van der Waals surface area contributed by atoms with Crippen molar-refractivity contribution in [1.82, 2.24) is 10.2 Å². The van der Waals surface area contributed by atoms with Gasteiger partial charge in [-0.2, -0.15) is 0 Å². The van der Waals surface area contributed by atoms with Crippen molar-refractivity contribution in [2.24, 2.45) is 0 Å². The second kappa shape index (κ2) is 9.39. The molecule has 0 aliphatic carbocycles. The first kappa shape index (κ1) is 21.2. The minimum absolute atomic E-state index is 0.501. The molecule has 0 saturated heterocycles. The summed E-state index contributed by atoms with van der Waals surface area (Å²) < 4.78 is 17.7. The zero-order valence-corrected chi connectivity index (χ0v) is 19.0. The molecule has 4 aromatic rings. The standard InChI is InChI=1S/C25H26N2O3Si/c1-4-28-31(3,29-5-2)18-17-19-13-15-21(16-14-19)24-26-27-25(30-24)23-12-8-10-20-9-6-7-11-22(20)23/h6-18H,4-5H2,1-3H3/b18-17+. The Hall–Kier alpha value is -3.06. The zero-order chi connectivity index (χ0) is 21.7. The second-order valence-electron chi connectivity index (χ2n) is 7.28. The summed E-state index contributed by atoms with van der Waals surface area (Å²) in [6.45, 7) is 7.32. The Balaban J connectivity index is 1.55. The lowest BCUT2D eigenvalue weighted by Gasteiger charge is -2.22. The Labute approximate surface area is 183 Å². The number of fused-ring (bicyclic) bond motifs is 1. The van der Waals surface area contributed by atoms with Gasteiger partial charge in [-0.1, -0.05) is 54.6 Å². The summed E-state index contributed by atoms with van der Waals surface area (Å²) in [6.07, 6.45) is 2.05. The third-order valence-corrected chi connectivity index (χ3v) is 7.54. The molecule has 0 aliphatic heterocycles. The van der Waals surface area contributed by atoms with Gasteiger partial charge < -0.3 is 13.3 Å². The van der Waals surface area contributed by atoms with Crippen LogP contribution >= 0.6 is 0 Å². The molecule has 0 amide bonds. The lowest BCUT2D eigenvalue weighted by Crippen LogP contribution is -2.36. The highest BCUT2D eigenvalue weighted by atomic mass is 28.4. The molecule has 4 rings (SSSR count). The van der Waals surface area contributed by atoms with Crippen molar-refractivity contribution in [1.29, 1.82) is 0 Å². The van der Waals surface area contributed by atoms with Gasteiger partial charge in [-0.3, -0.25) is 0 Å². The van der Waals surface area contributed by atoms with Gasteiger partial charge >= 0.3 is 8.56 Å². The van der Waals surface area contributed by atoms with Crippen LogP contribution in [-0.4, -0.2) is 32.0 Å². The molecule has 6 heteroatoms. The van der Waals surface area contributed by atoms with Gasteiger partial charge in [-0.25, -0.2) is 0 Å². The third-order valence-electron chi connectivity index (χ3n) is 5.04. The largest absolute Gasteiger partial charge is 0.416 e. The van der Waals surface area contributed by atoms with Crippen molar-refractivity contribution >= 4 is 25.4 Å². The quantitative estimate of drug-likeness (QED) is 0.309. The highest BCUT2D eigenvalue weighted by Crippen LogP contribution is 2.30. The molecular weight excluding hydrogens is 404 g/mol. The summed E-state index contributed by atoms with van der Waals surface area (Å²) >= 11 is 0. The van der Waals surface area contributed by atoms with E-state index in [2.05, 4.69) is 46.7 Å². The number of hydrogen-bond acceptors (Lipinski definition) is 5. The van der Waals surface area contributed by atoms with Gasteiger partial charge in [-0.05, 0) is 60.6 Å². The van der Waals surface area contributed by atoms with Crippen molar-refractivity contribution in [2.75, 3.05) is 13.2 Å². The Morgan fingerprint density at radius 1 is 0.839 bits per heavy atom. The highest BCUT2D eigenvalue weighted by Gasteiger charge is 2.26. The maximum absolute atomic E-state index is 6.01. The molecule has 0 bridgehead atoms. The van der Waals surface area contributed by atoms with E-state index in [0.717, 1.165) is 27.5 Å². The molecule has 158 valence electrons. The summed E-state index contributed by atoms with van der Waals surface area (Å²) in [5.41, 5.74) is 4.95. The number of rotatable bonds is 8. The van der Waals surface area contributed by atoms with Gasteiger partial charge in [-0.15, -0.1) is 10.2 Å². The van der Waals surface area contributed by atoms with Crippen molar-refractivity contribution in [3.05, 3.63) is 78.0 Å².